The van der Waals surface area contributed by atoms with Gasteiger partial charge in [0.25, 0.3) is 0 Å². The Morgan fingerprint density at radius 1 is 1.21 bits per heavy atom. The fourth-order valence-corrected chi connectivity index (χ4v) is 4.09. The van der Waals surface area contributed by atoms with Crippen LogP contribution in [0.2, 0.25) is 5.02 Å². The van der Waals surface area contributed by atoms with E-state index in [9.17, 15) is 9.18 Å². The van der Waals surface area contributed by atoms with E-state index in [0.29, 0.717) is 34.0 Å². The molecule has 3 rings (SSSR count). The van der Waals surface area contributed by atoms with Crippen molar-refractivity contribution < 1.29 is 23.4 Å². The third kappa shape index (κ3) is 6.59. The Hall–Kier alpha value is -2.82. The molecule has 1 aromatic heterocycles. The van der Waals surface area contributed by atoms with E-state index in [1.807, 2.05) is 11.5 Å². The topological polar surface area (TPSA) is 87.5 Å². The van der Waals surface area contributed by atoms with E-state index < -0.39 is 5.82 Å². The van der Waals surface area contributed by atoms with E-state index in [1.165, 1.54) is 24.9 Å². The number of hydrogen-bond donors (Lipinski definition) is 1. The maximum absolute atomic E-state index is 13.9. The van der Waals surface area contributed by atoms with Crippen LogP contribution in [0.3, 0.4) is 0 Å². The van der Waals surface area contributed by atoms with Gasteiger partial charge >= 0.3 is 0 Å². The summed E-state index contributed by atoms with van der Waals surface area (Å²) in [4.78, 5) is 12.5. The van der Waals surface area contributed by atoms with Crippen molar-refractivity contribution >= 4 is 35.0 Å². The summed E-state index contributed by atoms with van der Waals surface area (Å²) in [5.41, 5.74) is 0.476. The second-order valence-electron chi connectivity index (χ2n) is 6.97. The fourth-order valence-electron chi connectivity index (χ4n) is 3.06. The molecular formula is C22H24ClFN4O4S. The van der Waals surface area contributed by atoms with Crippen LogP contribution in [0.4, 0.5) is 10.1 Å². The second-order valence-corrected chi connectivity index (χ2v) is 8.35. The zero-order chi connectivity index (χ0) is 23.8. The number of amides is 1. The number of carbonyl (C=O) groups excluding carboxylic acids is 1. The minimum atomic E-state index is -0.462. The molecular weight excluding hydrogens is 471 g/mol. The van der Waals surface area contributed by atoms with Crippen molar-refractivity contribution in [2.45, 2.75) is 24.7 Å². The van der Waals surface area contributed by atoms with Gasteiger partial charge in [0.05, 0.1) is 31.2 Å². The van der Waals surface area contributed by atoms with Crippen LogP contribution >= 0.6 is 23.4 Å². The number of methoxy groups -OCH3 is 2. The number of aromatic nitrogens is 3. The molecule has 0 saturated heterocycles. The molecule has 1 atom stereocenters. The first kappa shape index (κ1) is 24.8. The van der Waals surface area contributed by atoms with Crippen molar-refractivity contribution in [2.24, 2.45) is 0 Å². The molecule has 11 heteroatoms. The molecule has 0 spiro atoms. The summed E-state index contributed by atoms with van der Waals surface area (Å²) in [6, 6.07) is 11.0. The number of nitrogens with one attached hydrogen (secondary N) is 1. The minimum absolute atomic E-state index is 0.00839. The molecule has 176 valence electrons. The molecule has 8 nitrogen and oxygen atoms in total. The summed E-state index contributed by atoms with van der Waals surface area (Å²) < 4.78 is 31.8. The first-order valence-electron chi connectivity index (χ1n) is 9.99. The van der Waals surface area contributed by atoms with Gasteiger partial charge < -0.3 is 19.5 Å². The molecule has 3 aromatic rings. The molecule has 0 bridgehead atoms. The largest absolute Gasteiger partial charge is 0.495 e. The van der Waals surface area contributed by atoms with Crippen molar-refractivity contribution in [1.29, 1.82) is 0 Å². The normalized spacial score (nSPS) is 11.8. The van der Waals surface area contributed by atoms with Crippen molar-refractivity contribution in [3.8, 4) is 11.5 Å². The number of nitrogens with zero attached hydrogens (tertiary/aromatic N) is 3. The van der Waals surface area contributed by atoms with Crippen LogP contribution in [0, 0.1) is 5.82 Å². The number of benzene rings is 2. The third-order valence-corrected chi connectivity index (χ3v) is 5.72. The maximum atomic E-state index is 13.9. The number of halogens is 2. The van der Waals surface area contributed by atoms with Crippen LogP contribution < -0.4 is 14.8 Å². The minimum Gasteiger partial charge on any atom is -0.495 e. The Labute approximate surface area is 200 Å². The van der Waals surface area contributed by atoms with Gasteiger partial charge in [0.1, 0.15) is 12.4 Å². The monoisotopic (exact) mass is 494 g/mol. The average Bonchev–Trinajstić information content (AvgIpc) is 3.20. The van der Waals surface area contributed by atoms with Crippen LogP contribution in [-0.4, -0.2) is 47.3 Å². The fraction of sp³-hybridized carbons (Fsp3) is 0.318. The molecule has 33 heavy (non-hydrogen) atoms. The number of hydrogen-bond acceptors (Lipinski definition) is 7. The van der Waals surface area contributed by atoms with Gasteiger partial charge in [0.15, 0.2) is 22.5 Å². The molecule has 0 aliphatic heterocycles. The highest BCUT2D eigenvalue weighted by molar-refractivity contribution is 7.99. The van der Waals surface area contributed by atoms with E-state index in [0.717, 1.165) is 0 Å². The van der Waals surface area contributed by atoms with Crippen LogP contribution in [0.15, 0.2) is 47.6 Å². The molecule has 1 unspecified atom stereocenters. The number of para-hydroxylation sites is 1. The number of carbonyl (C=O) groups is 1. The summed E-state index contributed by atoms with van der Waals surface area (Å²) in [6.07, 6.45) is 0. The van der Waals surface area contributed by atoms with E-state index in [4.69, 9.17) is 25.8 Å². The maximum Gasteiger partial charge on any atom is 0.234 e. The quantitative estimate of drug-likeness (QED) is 0.390. The SMILES string of the molecule is COCC(C)n1c(COc2ccccc2F)nnc1SCC(=O)Nc1cc(Cl)ccc1OC. The van der Waals surface area contributed by atoms with E-state index in [1.54, 1.807) is 43.5 Å². The molecule has 0 radical (unpaired) electrons. The highest BCUT2D eigenvalue weighted by Gasteiger charge is 2.20. The van der Waals surface area contributed by atoms with Gasteiger partial charge in [-0.1, -0.05) is 35.5 Å². The average molecular weight is 495 g/mol. The lowest BCUT2D eigenvalue weighted by atomic mass is 10.3. The highest BCUT2D eigenvalue weighted by Crippen LogP contribution is 2.29. The van der Waals surface area contributed by atoms with Crippen molar-refractivity contribution in [1.82, 2.24) is 14.8 Å². The predicted molar refractivity (Wildman–Crippen MR) is 125 cm³/mol. The lowest BCUT2D eigenvalue weighted by Gasteiger charge is -2.17. The first-order chi connectivity index (χ1) is 15.9. The van der Waals surface area contributed by atoms with Gasteiger partial charge in [-0.3, -0.25) is 9.36 Å². The molecule has 1 heterocycles. The summed E-state index contributed by atoms with van der Waals surface area (Å²) in [7, 11) is 3.10. The summed E-state index contributed by atoms with van der Waals surface area (Å²) in [5.74, 6) is 0.455. The third-order valence-electron chi connectivity index (χ3n) is 4.55. The smallest absolute Gasteiger partial charge is 0.234 e. The number of ether oxygens (including phenoxy) is 3. The molecule has 0 aliphatic carbocycles. The summed E-state index contributed by atoms with van der Waals surface area (Å²) in [6.45, 7) is 2.33. The molecule has 1 N–H and O–H groups in total. The number of anilines is 1. The van der Waals surface area contributed by atoms with E-state index in [-0.39, 0.29) is 30.1 Å². The Kier molecular flexibility index (Phi) is 8.93. The van der Waals surface area contributed by atoms with Gasteiger partial charge in [-0.15, -0.1) is 10.2 Å². The number of rotatable bonds is 11. The standard InChI is InChI=1S/C22H24ClFN4O4S/c1-14(11-30-2)28-20(12-32-18-7-5-4-6-16(18)24)26-27-22(28)33-13-21(29)25-17-10-15(23)8-9-19(17)31-3/h4-10,14H,11-13H2,1-3H3,(H,25,29). The Morgan fingerprint density at radius 3 is 2.73 bits per heavy atom. The highest BCUT2D eigenvalue weighted by atomic mass is 35.5. The van der Waals surface area contributed by atoms with Crippen molar-refractivity contribution in [2.75, 3.05) is 31.9 Å². The van der Waals surface area contributed by atoms with Gasteiger partial charge in [-0.25, -0.2) is 4.39 Å². The number of thioether (sulfide) groups is 1. The van der Waals surface area contributed by atoms with Crippen molar-refractivity contribution in [3.63, 3.8) is 0 Å². The van der Waals surface area contributed by atoms with Gasteiger partial charge in [0, 0.05) is 12.1 Å². The van der Waals surface area contributed by atoms with Crippen LogP contribution in [0.1, 0.15) is 18.8 Å². The molecule has 2 aromatic carbocycles. The van der Waals surface area contributed by atoms with Gasteiger partial charge in [-0.05, 0) is 37.3 Å². The first-order valence-corrected chi connectivity index (χ1v) is 11.4. The lowest BCUT2D eigenvalue weighted by molar-refractivity contribution is -0.113. The Balaban J connectivity index is 1.71. The van der Waals surface area contributed by atoms with Crippen LogP contribution in [0.5, 0.6) is 11.5 Å². The van der Waals surface area contributed by atoms with E-state index in [2.05, 4.69) is 15.5 Å². The van der Waals surface area contributed by atoms with Crippen LogP contribution in [-0.2, 0) is 16.1 Å². The molecule has 1 amide bonds. The molecule has 0 fully saturated rings. The molecule has 0 saturated carbocycles. The summed E-state index contributed by atoms with van der Waals surface area (Å²) >= 11 is 7.23. The van der Waals surface area contributed by atoms with Gasteiger partial charge in [0.2, 0.25) is 5.91 Å². The second kappa shape index (κ2) is 11.9. The van der Waals surface area contributed by atoms with E-state index >= 15 is 0 Å². The Bertz CT molecular complexity index is 1100. The summed E-state index contributed by atoms with van der Waals surface area (Å²) in [5, 5.41) is 12.2. The lowest BCUT2D eigenvalue weighted by Crippen LogP contribution is -2.18. The molecule has 0 aliphatic rings. The van der Waals surface area contributed by atoms with Crippen LogP contribution in [0.25, 0.3) is 0 Å². The predicted octanol–water partition coefficient (Wildman–Crippen LogP) is 4.60. The zero-order valence-electron chi connectivity index (χ0n) is 18.4. The van der Waals surface area contributed by atoms with Gasteiger partial charge in [-0.2, -0.15) is 0 Å². The Morgan fingerprint density at radius 2 is 2.00 bits per heavy atom. The zero-order valence-corrected chi connectivity index (χ0v) is 20.0. The van der Waals surface area contributed by atoms with Crippen molar-refractivity contribution in [3.05, 3.63) is 59.1 Å².